The van der Waals surface area contributed by atoms with E-state index in [1.807, 2.05) is 0 Å². The van der Waals surface area contributed by atoms with E-state index in [1.54, 1.807) is 0 Å². The van der Waals surface area contributed by atoms with Gasteiger partial charge in [0.15, 0.2) is 0 Å². The maximum absolute atomic E-state index is 13.3. The molecule has 2 aromatic rings. The van der Waals surface area contributed by atoms with Crippen molar-refractivity contribution in [3.63, 3.8) is 0 Å². The van der Waals surface area contributed by atoms with Crippen LogP contribution < -0.4 is 4.74 Å². The monoisotopic (exact) mass is 348 g/mol. The molecule has 1 heterocycles. The van der Waals surface area contributed by atoms with Crippen molar-refractivity contribution < 1.29 is 23.4 Å². The minimum atomic E-state index is -1.09. The minimum absolute atomic E-state index is 0.0209. The molecule has 0 aliphatic rings. The Hall–Kier alpha value is -1.53. The summed E-state index contributed by atoms with van der Waals surface area (Å²) in [6, 6.07) is 3.84. The Balaban J connectivity index is 2.09. The number of furan rings is 1. The quantitative estimate of drug-likeness (QED) is 0.844. The van der Waals surface area contributed by atoms with E-state index < -0.39 is 11.8 Å². The van der Waals surface area contributed by atoms with Crippen LogP contribution in [-0.4, -0.2) is 11.1 Å². The summed E-state index contributed by atoms with van der Waals surface area (Å²) in [6.45, 7) is -0.0209. The highest BCUT2D eigenvalue weighted by Gasteiger charge is 2.11. The highest BCUT2D eigenvalue weighted by atomic mass is 79.9. The molecule has 0 saturated carbocycles. The molecule has 0 radical (unpaired) electrons. The third-order valence-corrected chi connectivity index (χ3v) is 3.15. The maximum atomic E-state index is 13.3. The van der Waals surface area contributed by atoms with Crippen LogP contribution in [0.1, 0.15) is 16.1 Å². The van der Waals surface area contributed by atoms with Crippen molar-refractivity contribution in [3.8, 4) is 5.75 Å². The number of benzene rings is 1. The summed E-state index contributed by atoms with van der Waals surface area (Å²) < 4.78 is 24.1. The first kappa shape index (κ1) is 13.9. The molecule has 7 heteroatoms. The fraction of sp³-hybridized carbons (Fsp3) is 0.0833. The molecule has 0 spiro atoms. The number of hydrogen-bond acceptors (Lipinski definition) is 3. The first-order valence-electron chi connectivity index (χ1n) is 5.05. The number of carbonyl (C=O) groups is 1. The van der Waals surface area contributed by atoms with Gasteiger partial charge in [-0.3, -0.25) is 0 Å². The van der Waals surface area contributed by atoms with Crippen LogP contribution in [0.4, 0.5) is 4.39 Å². The molecule has 1 N–H and O–H groups in total. The van der Waals surface area contributed by atoms with Crippen LogP contribution in [-0.2, 0) is 6.61 Å². The average Bonchev–Trinajstić information content (AvgIpc) is 2.81. The number of carboxylic acids is 1. The van der Waals surface area contributed by atoms with Gasteiger partial charge in [-0.25, -0.2) is 9.18 Å². The summed E-state index contributed by atoms with van der Waals surface area (Å²) in [7, 11) is 0. The third kappa shape index (κ3) is 3.27. The highest BCUT2D eigenvalue weighted by molar-refractivity contribution is 9.10. The van der Waals surface area contributed by atoms with E-state index in [0.717, 1.165) is 12.3 Å². The van der Waals surface area contributed by atoms with Gasteiger partial charge in [-0.05, 0) is 28.1 Å². The predicted molar refractivity (Wildman–Crippen MR) is 69.1 cm³/mol. The summed E-state index contributed by atoms with van der Waals surface area (Å²) in [5.41, 5.74) is 0.0277. The van der Waals surface area contributed by atoms with E-state index >= 15 is 0 Å². The third-order valence-electron chi connectivity index (χ3n) is 2.25. The van der Waals surface area contributed by atoms with Crippen molar-refractivity contribution in [2.45, 2.75) is 6.61 Å². The highest BCUT2D eigenvalue weighted by Crippen LogP contribution is 2.31. The normalized spacial score (nSPS) is 10.5. The van der Waals surface area contributed by atoms with Crippen LogP contribution in [0.2, 0.25) is 5.02 Å². The van der Waals surface area contributed by atoms with E-state index in [1.165, 1.54) is 12.1 Å². The number of hydrogen-bond donors (Lipinski definition) is 1. The fourth-order valence-corrected chi connectivity index (χ4v) is 2.09. The lowest BCUT2D eigenvalue weighted by Gasteiger charge is -2.07. The number of halogens is 3. The second-order valence-electron chi connectivity index (χ2n) is 3.59. The zero-order valence-corrected chi connectivity index (χ0v) is 11.7. The van der Waals surface area contributed by atoms with E-state index in [2.05, 4.69) is 15.9 Å². The minimum Gasteiger partial charge on any atom is -0.484 e. The Morgan fingerprint density at radius 3 is 2.84 bits per heavy atom. The molecule has 0 aliphatic heterocycles. The van der Waals surface area contributed by atoms with Crippen molar-refractivity contribution in [3.05, 3.63) is 51.1 Å². The Morgan fingerprint density at radius 1 is 1.47 bits per heavy atom. The number of rotatable bonds is 4. The molecular weight excluding hydrogens is 342 g/mol. The van der Waals surface area contributed by atoms with Crippen LogP contribution in [0, 0.1) is 5.82 Å². The summed E-state index contributed by atoms with van der Waals surface area (Å²) in [5, 5.41) is 8.70. The van der Waals surface area contributed by atoms with Crippen molar-refractivity contribution in [1.82, 2.24) is 0 Å². The molecule has 0 bridgehead atoms. The largest absolute Gasteiger partial charge is 0.484 e. The molecule has 0 aliphatic carbocycles. The number of aromatic carboxylic acids is 1. The molecule has 0 fully saturated rings. The van der Waals surface area contributed by atoms with Crippen LogP contribution in [0.25, 0.3) is 0 Å². The molecule has 4 nitrogen and oxygen atoms in total. The molecule has 0 unspecified atom stereocenters. The second kappa shape index (κ2) is 5.63. The molecular formula is C12H7BrClFO4. The summed E-state index contributed by atoms with van der Waals surface area (Å²) >= 11 is 8.78. The van der Waals surface area contributed by atoms with Crippen LogP contribution in [0.5, 0.6) is 5.75 Å². The van der Waals surface area contributed by atoms with Gasteiger partial charge in [-0.2, -0.15) is 0 Å². The van der Waals surface area contributed by atoms with Gasteiger partial charge in [0.2, 0.25) is 0 Å². The Kier molecular flexibility index (Phi) is 4.11. The molecule has 2 rings (SSSR count). The van der Waals surface area contributed by atoms with E-state index in [-0.39, 0.29) is 22.9 Å². The van der Waals surface area contributed by atoms with Crippen molar-refractivity contribution in [2.24, 2.45) is 0 Å². The predicted octanol–water partition coefficient (Wildman–Crippen LogP) is 4.11. The molecule has 0 saturated heterocycles. The lowest BCUT2D eigenvalue weighted by atomic mass is 10.3. The van der Waals surface area contributed by atoms with E-state index in [0.29, 0.717) is 10.2 Å². The molecule has 1 aromatic heterocycles. The van der Waals surface area contributed by atoms with Gasteiger partial charge >= 0.3 is 5.97 Å². The summed E-state index contributed by atoms with van der Waals surface area (Å²) in [5.74, 6) is -1.13. The standard InChI is InChI=1S/C12H7BrClFO4/c13-8-2-9(14)10(15)3-11(8)19-5-7-1-6(4-18-7)12(16)17/h1-4H,5H2,(H,16,17). The van der Waals surface area contributed by atoms with Gasteiger partial charge < -0.3 is 14.3 Å². The van der Waals surface area contributed by atoms with Crippen molar-refractivity contribution in [1.29, 1.82) is 0 Å². The van der Waals surface area contributed by atoms with E-state index in [4.69, 9.17) is 25.9 Å². The fourth-order valence-electron chi connectivity index (χ4n) is 1.33. The van der Waals surface area contributed by atoms with E-state index in [9.17, 15) is 9.18 Å². The molecule has 100 valence electrons. The average molecular weight is 350 g/mol. The smallest absolute Gasteiger partial charge is 0.338 e. The molecule has 0 atom stereocenters. The first-order valence-corrected chi connectivity index (χ1v) is 6.22. The van der Waals surface area contributed by atoms with Crippen LogP contribution >= 0.6 is 27.5 Å². The van der Waals surface area contributed by atoms with Gasteiger partial charge in [0.25, 0.3) is 0 Å². The van der Waals surface area contributed by atoms with Gasteiger partial charge in [0, 0.05) is 6.07 Å². The van der Waals surface area contributed by atoms with Crippen LogP contribution in [0.3, 0.4) is 0 Å². The maximum Gasteiger partial charge on any atom is 0.338 e. The first-order chi connectivity index (χ1) is 8.97. The molecule has 1 aromatic carbocycles. The van der Waals surface area contributed by atoms with Crippen molar-refractivity contribution >= 4 is 33.5 Å². The Bertz CT molecular complexity index is 626. The van der Waals surface area contributed by atoms with Gasteiger partial charge in [0.05, 0.1) is 15.1 Å². The Labute approximate surface area is 120 Å². The zero-order valence-electron chi connectivity index (χ0n) is 9.32. The summed E-state index contributed by atoms with van der Waals surface area (Å²) in [4.78, 5) is 10.7. The second-order valence-corrected chi connectivity index (χ2v) is 4.85. The molecule has 19 heavy (non-hydrogen) atoms. The van der Waals surface area contributed by atoms with Crippen molar-refractivity contribution in [2.75, 3.05) is 0 Å². The lowest BCUT2D eigenvalue weighted by Crippen LogP contribution is -1.96. The topological polar surface area (TPSA) is 59.7 Å². The molecule has 0 amide bonds. The van der Waals surface area contributed by atoms with Gasteiger partial charge in [-0.1, -0.05) is 11.6 Å². The zero-order chi connectivity index (χ0) is 14.0. The number of carboxylic acid groups (broad SMARTS) is 1. The Morgan fingerprint density at radius 2 is 2.21 bits per heavy atom. The van der Waals surface area contributed by atoms with Gasteiger partial charge in [-0.15, -0.1) is 0 Å². The SMILES string of the molecule is O=C(O)c1coc(COc2cc(F)c(Cl)cc2Br)c1. The number of ether oxygens (including phenoxy) is 1. The van der Waals surface area contributed by atoms with Gasteiger partial charge in [0.1, 0.15) is 30.2 Å². The summed E-state index contributed by atoms with van der Waals surface area (Å²) in [6.07, 6.45) is 1.11. The lowest BCUT2D eigenvalue weighted by molar-refractivity contribution is 0.0696. The van der Waals surface area contributed by atoms with Crippen LogP contribution in [0.15, 0.2) is 33.4 Å².